The molecule has 106 valence electrons. The first-order chi connectivity index (χ1) is 9.01. The van der Waals surface area contributed by atoms with Crippen LogP contribution in [0.3, 0.4) is 0 Å². The molecule has 0 saturated carbocycles. The second-order valence-corrected chi connectivity index (χ2v) is 4.59. The van der Waals surface area contributed by atoms with Crippen LogP contribution in [0.2, 0.25) is 0 Å². The van der Waals surface area contributed by atoms with Crippen LogP contribution in [0.15, 0.2) is 6.20 Å². The number of carbonyl (C=O) groups excluding carboxylic acids is 2. The molecular formula is C11H20N6O2. The van der Waals surface area contributed by atoms with Gasteiger partial charge in [0.05, 0.1) is 19.3 Å². The molecule has 0 aromatic carbocycles. The fourth-order valence-corrected chi connectivity index (χ4v) is 1.28. The second kappa shape index (κ2) is 7.47. The molecule has 0 aliphatic carbocycles. The smallest absolute Gasteiger partial charge is 0.241 e. The summed E-state index contributed by atoms with van der Waals surface area (Å²) in [7, 11) is 0. The highest BCUT2D eigenvalue weighted by Gasteiger charge is 2.07. The lowest BCUT2D eigenvalue weighted by atomic mass is 10.2. The van der Waals surface area contributed by atoms with Crippen LogP contribution in [-0.4, -0.2) is 39.9 Å². The number of rotatable bonds is 7. The van der Waals surface area contributed by atoms with Gasteiger partial charge in [-0.05, 0) is 5.92 Å². The SMILES string of the molecule is CC(C)CNC(=O)Cn1cc(CNC(=O)CN)nn1. The van der Waals surface area contributed by atoms with E-state index in [9.17, 15) is 9.59 Å². The summed E-state index contributed by atoms with van der Waals surface area (Å²) in [5, 5.41) is 13.0. The van der Waals surface area contributed by atoms with Crippen LogP contribution in [0.4, 0.5) is 0 Å². The first-order valence-electron chi connectivity index (χ1n) is 6.13. The van der Waals surface area contributed by atoms with E-state index >= 15 is 0 Å². The second-order valence-electron chi connectivity index (χ2n) is 4.59. The van der Waals surface area contributed by atoms with Crippen molar-refractivity contribution < 1.29 is 9.59 Å². The molecule has 1 heterocycles. The van der Waals surface area contributed by atoms with E-state index in [-0.39, 0.29) is 31.4 Å². The van der Waals surface area contributed by atoms with Gasteiger partial charge in [-0.2, -0.15) is 0 Å². The zero-order chi connectivity index (χ0) is 14.3. The van der Waals surface area contributed by atoms with Gasteiger partial charge in [-0.1, -0.05) is 19.1 Å². The van der Waals surface area contributed by atoms with Crippen molar-refractivity contribution in [3.05, 3.63) is 11.9 Å². The highest BCUT2D eigenvalue weighted by molar-refractivity contribution is 5.77. The largest absolute Gasteiger partial charge is 0.354 e. The Morgan fingerprint density at radius 1 is 1.37 bits per heavy atom. The van der Waals surface area contributed by atoms with Crippen LogP contribution >= 0.6 is 0 Å². The summed E-state index contributed by atoms with van der Waals surface area (Å²) in [6.07, 6.45) is 1.62. The topological polar surface area (TPSA) is 115 Å². The summed E-state index contributed by atoms with van der Waals surface area (Å²) >= 11 is 0. The Labute approximate surface area is 111 Å². The summed E-state index contributed by atoms with van der Waals surface area (Å²) in [6, 6.07) is 0. The minimum Gasteiger partial charge on any atom is -0.354 e. The predicted octanol–water partition coefficient (Wildman–Crippen LogP) is -1.37. The summed E-state index contributed by atoms with van der Waals surface area (Å²) < 4.78 is 1.43. The Morgan fingerprint density at radius 3 is 2.74 bits per heavy atom. The Bertz CT molecular complexity index is 429. The number of amides is 2. The molecule has 0 spiro atoms. The maximum Gasteiger partial charge on any atom is 0.241 e. The molecule has 8 heteroatoms. The van der Waals surface area contributed by atoms with Crippen molar-refractivity contribution in [1.29, 1.82) is 0 Å². The van der Waals surface area contributed by atoms with Crippen LogP contribution < -0.4 is 16.4 Å². The molecule has 0 saturated heterocycles. The molecule has 2 amide bonds. The zero-order valence-corrected chi connectivity index (χ0v) is 11.2. The van der Waals surface area contributed by atoms with Gasteiger partial charge in [0.25, 0.3) is 0 Å². The minimum atomic E-state index is -0.260. The molecule has 0 bridgehead atoms. The lowest BCUT2D eigenvalue weighted by Gasteiger charge is -2.06. The van der Waals surface area contributed by atoms with Crippen LogP contribution in [0.5, 0.6) is 0 Å². The van der Waals surface area contributed by atoms with Gasteiger partial charge in [0.1, 0.15) is 12.2 Å². The van der Waals surface area contributed by atoms with Crippen molar-refractivity contribution >= 4 is 11.8 Å². The van der Waals surface area contributed by atoms with Crippen LogP contribution in [0.25, 0.3) is 0 Å². The van der Waals surface area contributed by atoms with Crippen LogP contribution in [-0.2, 0) is 22.7 Å². The maximum absolute atomic E-state index is 11.6. The van der Waals surface area contributed by atoms with Crippen molar-refractivity contribution in [3.8, 4) is 0 Å². The van der Waals surface area contributed by atoms with E-state index in [0.717, 1.165) is 0 Å². The van der Waals surface area contributed by atoms with Gasteiger partial charge in [-0.15, -0.1) is 5.10 Å². The highest BCUT2D eigenvalue weighted by atomic mass is 16.2. The van der Waals surface area contributed by atoms with Crippen molar-refractivity contribution in [2.45, 2.75) is 26.9 Å². The van der Waals surface area contributed by atoms with E-state index in [1.165, 1.54) is 4.68 Å². The van der Waals surface area contributed by atoms with Gasteiger partial charge in [-0.3, -0.25) is 9.59 Å². The van der Waals surface area contributed by atoms with Gasteiger partial charge in [0.2, 0.25) is 11.8 Å². The molecule has 1 rings (SSSR count). The molecule has 0 unspecified atom stereocenters. The first-order valence-corrected chi connectivity index (χ1v) is 6.13. The van der Waals surface area contributed by atoms with E-state index in [1.807, 2.05) is 13.8 Å². The molecule has 8 nitrogen and oxygen atoms in total. The van der Waals surface area contributed by atoms with Gasteiger partial charge >= 0.3 is 0 Å². The summed E-state index contributed by atoms with van der Waals surface area (Å²) in [5.41, 5.74) is 5.74. The van der Waals surface area contributed by atoms with Gasteiger partial charge in [0.15, 0.2) is 0 Å². The van der Waals surface area contributed by atoms with E-state index in [0.29, 0.717) is 18.2 Å². The summed E-state index contributed by atoms with van der Waals surface area (Å²) in [5.74, 6) is 0.0297. The van der Waals surface area contributed by atoms with E-state index in [2.05, 4.69) is 20.9 Å². The third-order valence-electron chi connectivity index (χ3n) is 2.25. The fourth-order valence-electron chi connectivity index (χ4n) is 1.28. The summed E-state index contributed by atoms with van der Waals surface area (Å²) in [4.78, 5) is 22.5. The van der Waals surface area contributed by atoms with E-state index in [4.69, 9.17) is 5.73 Å². The molecule has 4 N–H and O–H groups in total. The zero-order valence-electron chi connectivity index (χ0n) is 11.2. The molecular weight excluding hydrogens is 248 g/mol. The van der Waals surface area contributed by atoms with E-state index in [1.54, 1.807) is 6.20 Å². The van der Waals surface area contributed by atoms with Crippen molar-refractivity contribution in [2.75, 3.05) is 13.1 Å². The average Bonchev–Trinajstić information content (AvgIpc) is 2.81. The molecule has 0 fully saturated rings. The van der Waals surface area contributed by atoms with Gasteiger partial charge in [-0.25, -0.2) is 4.68 Å². The van der Waals surface area contributed by atoms with Crippen molar-refractivity contribution in [1.82, 2.24) is 25.6 Å². The number of hydrogen-bond donors (Lipinski definition) is 3. The van der Waals surface area contributed by atoms with Gasteiger partial charge < -0.3 is 16.4 Å². The molecule has 0 atom stereocenters. The number of nitrogens with two attached hydrogens (primary N) is 1. The first kappa shape index (κ1) is 15.1. The fraction of sp³-hybridized carbons (Fsp3) is 0.636. The number of nitrogens with one attached hydrogen (secondary N) is 2. The normalized spacial score (nSPS) is 10.5. The highest BCUT2D eigenvalue weighted by Crippen LogP contribution is 1.93. The molecule has 0 aliphatic heterocycles. The number of hydrogen-bond acceptors (Lipinski definition) is 5. The number of nitrogens with zero attached hydrogens (tertiary/aromatic N) is 3. The molecule has 0 aliphatic rings. The molecule has 19 heavy (non-hydrogen) atoms. The Kier molecular flexibility index (Phi) is 5.94. The van der Waals surface area contributed by atoms with Crippen LogP contribution in [0.1, 0.15) is 19.5 Å². The Morgan fingerprint density at radius 2 is 2.11 bits per heavy atom. The van der Waals surface area contributed by atoms with Crippen molar-refractivity contribution in [3.63, 3.8) is 0 Å². The third kappa shape index (κ3) is 5.96. The minimum absolute atomic E-state index is 0.0637. The summed E-state index contributed by atoms with van der Waals surface area (Å²) in [6.45, 7) is 4.98. The lowest BCUT2D eigenvalue weighted by molar-refractivity contribution is -0.122. The van der Waals surface area contributed by atoms with Crippen LogP contribution in [0, 0.1) is 5.92 Å². The molecule has 1 aromatic rings. The van der Waals surface area contributed by atoms with Crippen molar-refractivity contribution in [2.24, 2.45) is 11.7 Å². The Hall–Kier alpha value is -1.96. The number of carbonyl (C=O) groups is 2. The average molecular weight is 268 g/mol. The molecule has 0 radical (unpaired) electrons. The third-order valence-corrected chi connectivity index (χ3v) is 2.25. The standard InChI is InChI=1S/C11H20N6O2/c1-8(2)4-13-11(19)7-17-6-9(15-16-17)5-14-10(18)3-12/h6,8H,3-5,7,12H2,1-2H3,(H,13,19)(H,14,18). The maximum atomic E-state index is 11.6. The quantitative estimate of drug-likeness (QED) is 0.564. The monoisotopic (exact) mass is 268 g/mol. The van der Waals surface area contributed by atoms with E-state index < -0.39 is 0 Å². The lowest BCUT2D eigenvalue weighted by Crippen LogP contribution is -2.30. The Balaban J connectivity index is 2.37. The predicted molar refractivity (Wildman–Crippen MR) is 68.8 cm³/mol. The molecule has 1 aromatic heterocycles. The number of aromatic nitrogens is 3. The van der Waals surface area contributed by atoms with Gasteiger partial charge in [0, 0.05) is 6.54 Å².